The fourth-order valence-electron chi connectivity index (χ4n) is 2.40. The molecule has 2 heteroatoms. The Morgan fingerprint density at radius 1 is 0.739 bits per heavy atom. The standard InChI is InChI=1S/C14H12O.C7H4O/c1-11-7-9-13(10-8-11)14(15)12-5-3-2-4-6-12;8-7-5-1-2-6(7)4-3-5/h2-10H,1H3;1-4H. The third-order valence-corrected chi connectivity index (χ3v) is 3.76. The number of rotatable bonds is 2. The summed E-state index contributed by atoms with van der Waals surface area (Å²) in [5.74, 6) is 0.264. The second-order valence-electron chi connectivity index (χ2n) is 5.47. The minimum absolute atomic E-state index is 0.0793. The van der Waals surface area contributed by atoms with E-state index in [9.17, 15) is 9.59 Å². The molecule has 112 valence electrons. The van der Waals surface area contributed by atoms with Gasteiger partial charge in [-0.15, -0.1) is 0 Å². The topological polar surface area (TPSA) is 34.1 Å². The molecule has 2 aromatic rings. The normalized spacial score (nSPS) is 14.0. The molecule has 2 bridgehead atoms. The summed E-state index contributed by atoms with van der Waals surface area (Å²) in [5.41, 5.74) is 4.31. The van der Waals surface area contributed by atoms with E-state index >= 15 is 0 Å². The summed E-state index contributed by atoms with van der Waals surface area (Å²) in [4.78, 5) is 22.7. The van der Waals surface area contributed by atoms with Gasteiger partial charge >= 0.3 is 0 Å². The highest BCUT2D eigenvalue weighted by atomic mass is 16.1. The van der Waals surface area contributed by atoms with Crippen molar-refractivity contribution in [3.05, 3.63) is 107 Å². The summed E-state index contributed by atoms with van der Waals surface area (Å²) >= 11 is 0. The highest BCUT2D eigenvalue weighted by molar-refractivity contribution is 6.17. The van der Waals surface area contributed by atoms with Crippen LogP contribution in [0.2, 0.25) is 0 Å². The molecule has 0 aliphatic heterocycles. The van der Waals surface area contributed by atoms with Gasteiger partial charge in [0.15, 0.2) is 11.6 Å². The van der Waals surface area contributed by atoms with Crippen molar-refractivity contribution >= 4 is 11.6 Å². The van der Waals surface area contributed by atoms with Crippen LogP contribution in [0.5, 0.6) is 0 Å². The number of Topliss-reactive ketones (excluding diaryl/α,β-unsaturated/α-hetero) is 1. The first-order valence-corrected chi connectivity index (χ1v) is 7.46. The number of aryl methyl sites for hydroxylation is 1. The Balaban J connectivity index is 0.000000162. The molecule has 0 radical (unpaired) electrons. The lowest BCUT2D eigenvalue weighted by atomic mass is 10.0. The van der Waals surface area contributed by atoms with Crippen LogP contribution in [0.1, 0.15) is 21.5 Å². The molecule has 0 fully saturated rings. The van der Waals surface area contributed by atoms with Gasteiger partial charge in [0.05, 0.1) is 0 Å². The maximum absolute atomic E-state index is 12.0. The molecule has 2 aliphatic rings. The number of fused-ring (bicyclic) bond motifs is 2. The van der Waals surface area contributed by atoms with Crippen LogP contribution in [0.25, 0.3) is 0 Å². The van der Waals surface area contributed by atoms with Gasteiger partial charge in [-0.25, -0.2) is 0 Å². The molecule has 2 aromatic carbocycles. The Bertz CT molecular complexity index is 811. The number of carbonyl (C=O) groups excluding carboxylic acids is 2. The van der Waals surface area contributed by atoms with Crippen LogP contribution >= 0.6 is 0 Å². The summed E-state index contributed by atoms with van der Waals surface area (Å²) in [5, 5.41) is 0. The van der Waals surface area contributed by atoms with Crippen molar-refractivity contribution in [1.29, 1.82) is 0 Å². The van der Waals surface area contributed by atoms with Crippen molar-refractivity contribution in [2.24, 2.45) is 0 Å². The predicted molar refractivity (Wildman–Crippen MR) is 91.4 cm³/mol. The molecule has 23 heavy (non-hydrogen) atoms. The molecule has 0 heterocycles. The van der Waals surface area contributed by atoms with Gasteiger partial charge in [0, 0.05) is 22.3 Å². The molecule has 2 aliphatic carbocycles. The van der Waals surface area contributed by atoms with Crippen LogP contribution in [0.15, 0.2) is 90.0 Å². The summed E-state index contributed by atoms with van der Waals surface area (Å²) < 4.78 is 0. The fraction of sp³-hybridized carbons (Fsp3) is 0.0476. The summed E-state index contributed by atoms with van der Waals surface area (Å²) in [6, 6.07) is 17.0. The SMILES string of the molecule is Cc1ccc(C(=O)c2ccccc2)cc1.O=C1C2=CC=C1C=C2. The summed E-state index contributed by atoms with van der Waals surface area (Å²) in [6.07, 6.45) is 7.38. The largest absolute Gasteiger partial charge is 0.289 e. The maximum Gasteiger partial charge on any atom is 0.193 e. The minimum atomic E-state index is 0.0793. The third-order valence-electron chi connectivity index (χ3n) is 3.76. The first kappa shape index (κ1) is 14.9. The number of benzene rings is 2. The van der Waals surface area contributed by atoms with Crippen molar-refractivity contribution in [3.8, 4) is 0 Å². The summed E-state index contributed by atoms with van der Waals surface area (Å²) in [7, 11) is 0. The zero-order valence-electron chi connectivity index (χ0n) is 12.8. The van der Waals surface area contributed by atoms with E-state index in [-0.39, 0.29) is 11.6 Å². The Labute approximate surface area is 135 Å². The van der Waals surface area contributed by atoms with Crippen molar-refractivity contribution in [1.82, 2.24) is 0 Å². The van der Waals surface area contributed by atoms with Gasteiger partial charge in [-0.1, -0.05) is 84.5 Å². The van der Waals surface area contributed by atoms with Gasteiger partial charge in [-0.2, -0.15) is 0 Å². The summed E-state index contributed by atoms with van der Waals surface area (Å²) in [6.45, 7) is 2.01. The van der Waals surface area contributed by atoms with Gasteiger partial charge < -0.3 is 0 Å². The Hall–Kier alpha value is -3.00. The smallest absolute Gasteiger partial charge is 0.193 e. The van der Waals surface area contributed by atoms with Gasteiger partial charge in [0.1, 0.15) is 0 Å². The van der Waals surface area contributed by atoms with Crippen molar-refractivity contribution in [3.63, 3.8) is 0 Å². The molecule has 4 rings (SSSR count). The number of carbonyl (C=O) groups is 2. The quantitative estimate of drug-likeness (QED) is 0.778. The van der Waals surface area contributed by atoms with Crippen molar-refractivity contribution < 1.29 is 9.59 Å². The van der Waals surface area contributed by atoms with E-state index in [0.29, 0.717) is 0 Å². The highest BCUT2D eigenvalue weighted by Gasteiger charge is 2.20. The van der Waals surface area contributed by atoms with Crippen LogP contribution in [0.4, 0.5) is 0 Å². The first-order valence-electron chi connectivity index (χ1n) is 7.46. The monoisotopic (exact) mass is 300 g/mol. The zero-order valence-corrected chi connectivity index (χ0v) is 12.8. The lowest BCUT2D eigenvalue weighted by Crippen LogP contribution is -2.00. The number of allylic oxidation sites excluding steroid dienone is 6. The molecule has 0 amide bonds. The van der Waals surface area contributed by atoms with Crippen LogP contribution in [-0.2, 0) is 4.79 Å². The third kappa shape index (κ3) is 3.27. The minimum Gasteiger partial charge on any atom is -0.289 e. The molecule has 0 unspecified atom stereocenters. The average molecular weight is 300 g/mol. The Kier molecular flexibility index (Phi) is 4.15. The molecule has 0 aromatic heterocycles. The lowest BCUT2D eigenvalue weighted by Gasteiger charge is -2.00. The van der Waals surface area contributed by atoms with Gasteiger partial charge in [-0.05, 0) is 6.92 Å². The van der Waals surface area contributed by atoms with E-state index in [1.165, 1.54) is 5.56 Å². The van der Waals surface area contributed by atoms with E-state index in [1.807, 2.05) is 85.8 Å². The van der Waals surface area contributed by atoms with Gasteiger partial charge in [-0.3, -0.25) is 9.59 Å². The van der Waals surface area contributed by atoms with E-state index in [4.69, 9.17) is 0 Å². The first-order chi connectivity index (χ1) is 11.1. The van der Waals surface area contributed by atoms with E-state index in [2.05, 4.69) is 0 Å². The Morgan fingerprint density at radius 2 is 1.26 bits per heavy atom. The molecule has 0 spiro atoms. The van der Waals surface area contributed by atoms with Crippen LogP contribution in [0.3, 0.4) is 0 Å². The van der Waals surface area contributed by atoms with Crippen LogP contribution in [0, 0.1) is 6.92 Å². The predicted octanol–water partition coefficient (Wildman–Crippen LogP) is 4.22. The fourth-order valence-corrected chi connectivity index (χ4v) is 2.40. The lowest BCUT2D eigenvalue weighted by molar-refractivity contribution is -0.111. The molecular formula is C21H16O2. The van der Waals surface area contributed by atoms with E-state index < -0.39 is 0 Å². The molecule has 0 N–H and O–H groups in total. The second-order valence-corrected chi connectivity index (χ2v) is 5.47. The average Bonchev–Trinajstić information content (AvgIpc) is 3.14. The van der Waals surface area contributed by atoms with Crippen LogP contribution < -0.4 is 0 Å². The Morgan fingerprint density at radius 3 is 1.70 bits per heavy atom. The van der Waals surface area contributed by atoms with Gasteiger partial charge in [0.25, 0.3) is 0 Å². The number of ketones is 2. The molecule has 0 atom stereocenters. The maximum atomic E-state index is 12.0. The van der Waals surface area contributed by atoms with E-state index in [0.717, 1.165) is 22.3 Å². The van der Waals surface area contributed by atoms with Crippen molar-refractivity contribution in [2.75, 3.05) is 0 Å². The zero-order chi connectivity index (χ0) is 16.2. The molecule has 0 saturated heterocycles. The highest BCUT2D eigenvalue weighted by Crippen LogP contribution is 2.23. The van der Waals surface area contributed by atoms with Crippen molar-refractivity contribution in [2.45, 2.75) is 6.92 Å². The van der Waals surface area contributed by atoms with E-state index in [1.54, 1.807) is 0 Å². The molecule has 0 saturated carbocycles. The molecular weight excluding hydrogens is 284 g/mol. The van der Waals surface area contributed by atoms with Gasteiger partial charge in [0.2, 0.25) is 0 Å². The van der Waals surface area contributed by atoms with Crippen LogP contribution in [-0.4, -0.2) is 11.6 Å². The number of hydrogen-bond donors (Lipinski definition) is 0. The number of hydrogen-bond acceptors (Lipinski definition) is 2. The molecule has 2 nitrogen and oxygen atoms in total. The second kappa shape index (κ2) is 6.41.